The van der Waals surface area contributed by atoms with Gasteiger partial charge in [0.25, 0.3) is 5.91 Å². The summed E-state index contributed by atoms with van der Waals surface area (Å²) in [7, 11) is 0. The lowest BCUT2D eigenvalue weighted by Gasteiger charge is -2.30. The van der Waals surface area contributed by atoms with Crippen LogP contribution in [0, 0.1) is 5.92 Å². The maximum absolute atomic E-state index is 12.3. The minimum Gasteiger partial charge on any atom is -0.381 e. The summed E-state index contributed by atoms with van der Waals surface area (Å²) in [5.74, 6) is 1.51. The molecule has 2 fully saturated rings. The third-order valence-corrected chi connectivity index (χ3v) is 6.57. The fraction of sp³-hybridized carbons (Fsp3) is 0.500. The van der Waals surface area contributed by atoms with E-state index in [1.54, 1.807) is 0 Å². The molecule has 3 aliphatic heterocycles. The van der Waals surface area contributed by atoms with E-state index < -0.39 is 0 Å². The van der Waals surface area contributed by atoms with Crippen LogP contribution in [0.3, 0.4) is 0 Å². The first-order valence-electron chi connectivity index (χ1n) is 10.9. The summed E-state index contributed by atoms with van der Waals surface area (Å²) >= 11 is 6.50. The smallest absolute Gasteiger partial charge is 0.251 e. The first-order chi connectivity index (χ1) is 15.1. The first-order valence-corrected chi connectivity index (χ1v) is 11.3. The highest BCUT2D eigenvalue weighted by molar-refractivity contribution is 6.45. The molecule has 4 N–H and O–H groups in total. The van der Waals surface area contributed by atoms with E-state index in [1.165, 1.54) is 0 Å². The SMILES string of the molecule is NC1=NN2C(=NCC2c2ccc(C(=O)NC3CC3)cc2)C(NCC2CCOCC2)=C1Cl. The van der Waals surface area contributed by atoms with Gasteiger partial charge in [0.15, 0.2) is 11.7 Å². The molecule has 0 radical (unpaired) electrons. The van der Waals surface area contributed by atoms with Crippen molar-refractivity contribution in [3.63, 3.8) is 0 Å². The molecule has 31 heavy (non-hydrogen) atoms. The zero-order chi connectivity index (χ0) is 21.4. The predicted octanol–water partition coefficient (Wildman–Crippen LogP) is 2.09. The number of carbonyl (C=O) groups is 1. The number of benzene rings is 1. The van der Waals surface area contributed by atoms with Crippen molar-refractivity contribution >= 4 is 29.2 Å². The molecule has 1 saturated carbocycles. The Morgan fingerprint density at radius 3 is 2.65 bits per heavy atom. The van der Waals surface area contributed by atoms with Crippen molar-refractivity contribution in [1.29, 1.82) is 0 Å². The van der Waals surface area contributed by atoms with E-state index >= 15 is 0 Å². The zero-order valence-electron chi connectivity index (χ0n) is 17.3. The Balaban J connectivity index is 1.29. The Bertz CT molecular complexity index is 947. The van der Waals surface area contributed by atoms with E-state index in [4.69, 9.17) is 27.1 Å². The van der Waals surface area contributed by atoms with Gasteiger partial charge in [-0.2, -0.15) is 5.10 Å². The van der Waals surface area contributed by atoms with Crippen molar-refractivity contribution in [2.75, 3.05) is 26.3 Å². The Morgan fingerprint density at radius 2 is 1.94 bits per heavy atom. The third kappa shape index (κ3) is 4.27. The van der Waals surface area contributed by atoms with Gasteiger partial charge in [0, 0.05) is 31.4 Å². The predicted molar refractivity (Wildman–Crippen MR) is 120 cm³/mol. The number of hydrazone groups is 1. The van der Waals surface area contributed by atoms with Gasteiger partial charge in [-0.15, -0.1) is 0 Å². The minimum atomic E-state index is -0.0845. The number of hydrogen-bond donors (Lipinski definition) is 3. The van der Waals surface area contributed by atoms with E-state index in [0.717, 1.165) is 56.7 Å². The van der Waals surface area contributed by atoms with Crippen molar-refractivity contribution in [2.24, 2.45) is 21.7 Å². The first kappa shape index (κ1) is 20.3. The summed E-state index contributed by atoms with van der Waals surface area (Å²) in [5.41, 5.74) is 8.57. The van der Waals surface area contributed by atoms with Gasteiger partial charge in [0.1, 0.15) is 10.7 Å². The highest BCUT2D eigenvalue weighted by atomic mass is 35.5. The Morgan fingerprint density at radius 1 is 1.19 bits per heavy atom. The lowest BCUT2D eigenvalue weighted by Crippen LogP contribution is -2.41. The highest BCUT2D eigenvalue weighted by Gasteiger charge is 2.36. The van der Waals surface area contributed by atoms with Crippen molar-refractivity contribution in [2.45, 2.75) is 37.8 Å². The average molecular weight is 443 g/mol. The number of hydrogen-bond acceptors (Lipinski definition) is 7. The number of amides is 1. The van der Waals surface area contributed by atoms with Crippen molar-refractivity contribution in [3.05, 3.63) is 46.1 Å². The molecule has 1 unspecified atom stereocenters. The summed E-state index contributed by atoms with van der Waals surface area (Å²) in [6.45, 7) is 2.94. The van der Waals surface area contributed by atoms with Crippen LogP contribution in [-0.4, -0.2) is 54.9 Å². The normalized spacial score (nSPS) is 23.9. The molecule has 1 amide bonds. The summed E-state index contributed by atoms with van der Waals surface area (Å²) in [4.78, 5) is 17.0. The van der Waals surface area contributed by atoms with Gasteiger partial charge in [-0.25, -0.2) is 5.01 Å². The fourth-order valence-corrected chi connectivity index (χ4v) is 4.31. The van der Waals surface area contributed by atoms with E-state index in [2.05, 4.69) is 15.7 Å². The van der Waals surface area contributed by atoms with Gasteiger partial charge >= 0.3 is 0 Å². The molecule has 1 aromatic carbocycles. The van der Waals surface area contributed by atoms with E-state index in [-0.39, 0.29) is 17.8 Å². The van der Waals surface area contributed by atoms with Crippen LogP contribution in [-0.2, 0) is 4.74 Å². The number of halogens is 1. The lowest BCUT2D eigenvalue weighted by atomic mass is 10.0. The molecular weight excluding hydrogens is 416 g/mol. The van der Waals surface area contributed by atoms with Gasteiger partial charge in [-0.05, 0) is 49.3 Å². The number of amidine groups is 2. The number of rotatable bonds is 6. The molecule has 164 valence electrons. The third-order valence-electron chi connectivity index (χ3n) is 6.19. The van der Waals surface area contributed by atoms with Crippen LogP contribution in [0.25, 0.3) is 0 Å². The number of fused-ring (bicyclic) bond motifs is 1. The van der Waals surface area contributed by atoms with Gasteiger partial charge in [-0.1, -0.05) is 23.7 Å². The van der Waals surface area contributed by atoms with Gasteiger partial charge in [0.2, 0.25) is 0 Å². The summed E-state index contributed by atoms with van der Waals surface area (Å²) in [6, 6.07) is 7.90. The van der Waals surface area contributed by atoms with E-state index in [0.29, 0.717) is 34.9 Å². The minimum absolute atomic E-state index is 0.0213. The summed E-state index contributed by atoms with van der Waals surface area (Å²) in [5, 5.41) is 13.2. The molecule has 1 saturated heterocycles. The molecule has 1 aromatic rings. The second-order valence-corrected chi connectivity index (χ2v) is 8.88. The highest BCUT2D eigenvalue weighted by Crippen LogP contribution is 2.33. The number of nitrogens with two attached hydrogens (primary N) is 1. The molecule has 0 spiro atoms. The molecule has 1 aliphatic carbocycles. The molecular formula is C22H27ClN6O2. The quantitative estimate of drug-likeness (QED) is 0.625. The van der Waals surface area contributed by atoms with Crippen LogP contribution in [0.1, 0.15) is 47.6 Å². The van der Waals surface area contributed by atoms with Crippen LogP contribution in [0.15, 0.2) is 45.1 Å². The standard InChI is InChI=1S/C22H27ClN6O2/c23-18-19(25-11-13-7-9-31-10-8-13)21-26-12-17(29(21)28-20(18)24)14-1-3-15(4-2-14)22(30)27-16-5-6-16/h1-4,13,16-17,25H,5-12H2,(H2,24,28)(H,27,30). The van der Waals surface area contributed by atoms with Crippen LogP contribution in [0.4, 0.5) is 0 Å². The Hall–Kier alpha value is -2.58. The molecule has 3 heterocycles. The zero-order valence-corrected chi connectivity index (χ0v) is 18.1. The second kappa shape index (κ2) is 8.51. The van der Waals surface area contributed by atoms with Crippen molar-refractivity contribution in [1.82, 2.24) is 15.6 Å². The van der Waals surface area contributed by atoms with E-state index in [9.17, 15) is 4.79 Å². The van der Waals surface area contributed by atoms with Crippen molar-refractivity contribution < 1.29 is 9.53 Å². The summed E-state index contributed by atoms with van der Waals surface area (Å²) < 4.78 is 5.45. The fourth-order valence-electron chi connectivity index (χ4n) is 4.12. The number of nitrogens with one attached hydrogen (secondary N) is 2. The molecule has 4 aliphatic rings. The number of carbonyl (C=O) groups excluding carboxylic acids is 1. The summed E-state index contributed by atoms with van der Waals surface area (Å²) in [6.07, 6.45) is 4.20. The molecule has 8 nitrogen and oxygen atoms in total. The number of aliphatic imine (C=N–C) groups is 1. The largest absolute Gasteiger partial charge is 0.381 e. The van der Waals surface area contributed by atoms with Crippen LogP contribution in [0.5, 0.6) is 0 Å². The Labute approximate surface area is 186 Å². The lowest BCUT2D eigenvalue weighted by molar-refractivity contribution is 0.0671. The Kier molecular flexibility index (Phi) is 5.58. The van der Waals surface area contributed by atoms with E-state index in [1.807, 2.05) is 29.3 Å². The molecule has 0 bridgehead atoms. The van der Waals surface area contributed by atoms with Crippen LogP contribution >= 0.6 is 11.6 Å². The second-order valence-electron chi connectivity index (χ2n) is 8.51. The molecule has 1 atom stereocenters. The number of ether oxygens (including phenoxy) is 1. The maximum atomic E-state index is 12.3. The van der Waals surface area contributed by atoms with Crippen LogP contribution < -0.4 is 16.4 Å². The molecule has 9 heteroatoms. The van der Waals surface area contributed by atoms with Crippen LogP contribution in [0.2, 0.25) is 0 Å². The number of nitrogens with zero attached hydrogens (tertiary/aromatic N) is 3. The van der Waals surface area contributed by atoms with Gasteiger partial charge in [-0.3, -0.25) is 9.79 Å². The maximum Gasteiger partial charge on any atom is 0.251 e. The van der Waals surface area contributed by atoms with Gasteiger partial charge < -0.3 is 21.1 Å². The monoisotopic (exact) mass is 442 g/mol. The molecule has 0 aromatic heterocycles. The van der Waals surface area contributed by atoms with Crippen molar-refractivity contribution in [3.8, 4) is 0 Å². The van der Waals surface area contributed by atoms with Gasteiger partial charge in [0.05, 0.1) is 12.6 Å². The molecule has 5 rings (SSSR count). The topological polar surface area (TPSA) is 104 Å². The average Bonchev–Trinajstić information content (AvgIpc) is 3.51.